The average molecular weight is 521 g/mol. The van der Waals surface area contributed by atoms with Gasteiger partial charge in [0.05, 0.1) is 50.6 Å². The van der Waals surface area contributed by atoms with Crippen LogP contribution in [0.4, 0.5) is 0 Å². The number of thiophene rings is 4. The molecule has 6 aromatic rings. The highest BCUT2D eigenvalue weighted by atomic mass is 32.1. The molecule has 0 amide bonds. The van der Waals surface area contributed by atoms with Crippen molar-refractivity contribution < 1.29 is 19.1 Å². The third-order valence-corrected chi connectivity index (χ3v) is 10.9. The predicted molar refractivity (Wildman–Crippen MR) is 138 cm³/mol. The van der Waals surface area contributed by atoms with E-state index in [0.717, 1.165) is 30.2 Å². The van der Waals surface area contributed by atoms with E-state index in [1.165, 1.54) is 43.1 Å². The van der Waals surface area contributed by atoms with Crippen LogP contribution in [0.25, 0.3) is 52.4 Å². The molecule has 166 valence electrons. The normalized spacial score (nSPS) is 16.3. The topological polar surface area (TPSA) is 62.5 Å². The second-order valence-corrected chi connectivity index (χ2v) is 12.2. The Kier molecular flexibility index (Phi) is 3.54. The first-order valence-corrected chi connectivity index (χ1v) is 13.8. The van der Waals surface area contributed by atoms with E-state index in [2.05, 4.69) is 32.0 Å². The summed E-state index contributed by atoms with van der Waals surface area (Å²) >= 11 is 6.43. The maximum atomic E-state index is 13.0. The molecule has 0 aliphatic carbocycles. The molecular weight excluding hydrogens is 509 g/mol. The zero-order valence-corrected chi connectivity index (χ0v) is 20.9. The van der Waals surface area contributed by atoms with E-state index in [9.17, 15) is 9.59 Å². The van der Waals surface area contributed by atoms with Crippen LogP contribution < -0.4 is 0 Å². The molecule has 2 aliphatic heterocycles. The lowest BCUT2D eigenvalue weighted by Gasteiger charge is -2.03. The number of hydrogen-bond donors (Lipinski definition) is 0. The maximum Gasteiger partial charge on any atom is 0.348 e. The largest absolute Gasteiger partial charge is 0.420 e. The summed E-state index contributed by atoms with van der Waals surface area (Å²) in [6.07, 6.45) is 0. The van der Waals surface area contributed by atoms with Gasteiger partial charge in [0.15, 0.2) is 11.5 Å². The van der Waals surface area contributed by atoms with Crippen molar-refractivity contribution in [2.45, 2.75) is 0 Å². The van der Waals surface area contributed by atoms with Gasteiger partial charge in [0.2, 0.25) is 0 Å². The van der Waals surface area contributed by atoms with Gasteiger partial charge in [0.1, 0.15) is 11.1 Å². The van der Waals surface area contributed by atoms with Gasteiger partial charge in [-0.2, -0.15) is 0 Å². The Balaban J connectivity index is 1.33. The summed E-state index contributed by atoms with van der Waals surface area (Å²) in [5.41, 5.74) is 4.91. The Morgan fingerprint density at radius 2 is 1.09 bits per heavy atom. The van der Waals surface area contributed by atoms with Crippen LogP contribution in [0.3, 0.4) is 0 Å². The molecule has 0 N–H and O–H groups in total. The van der Waals surface area contributed by atoms with Crippen LogP contribution in [0.1, 0.15) is 9.75 Å². The lowest BCUT2D eigenvalue weighted by molar-refractivity contribution is -0.131. The SMILES string of the molecule is Cn1c2ccsc2c2sc(C3=C4C(=O)OC(c5cc6c(s5)c5sccc5n6C)=C4C(=O)O3)cc21. The van der Waals surface area contributed by atoms with Crippen molar-refractivity contribution in [2.75, 3.05) is 0 Å². The fourth-order valence-electron chi connectivity index (χ4n) is 4.90. The molecule has 0 spiro atoms. The van der Waals surface area contributed by atoms with Crippen molar-refractivity contribution in [1.82, 2.24) is 9.13 Å². The van der Waals surface area contributed by atoms with E-state index >= 15 is 0 Å². The molecule has 6 aromatic heterocycles. The molecule has 0 saturated heterocycles. The molecule has 0 fully saturated rings. The maximum absolute atomic E-state index is 13.0. The zero-order valence-electron chi connectivity index (χ0n) is 17.6. The number of fused-ring (bicyclic) bond motifs is 7. The summed E-state index contributed by atoms with van der Waals surface area (Å²) in [5, 5.41) is 4.13. The minimum Gasteiger partial charge on any atom is -0.420 e. The number of nitrogens with zero attached hydrogens (tertiary/aromatic N) is 2. The van der Waals surface area contributed by atoms with Crippen LogP contribution >= 0.6 is 45.3 Å². The lowest BCUT2D eigenvalue weighted by Crippen LogP contribution is -1.99. The first kappa shape index (κ1) is 19.2. The first-order chi connectivity index (χ1) is 16.5. The van der Waals surface area contributed by atoms with Crippen molar-refractivity contribution in [3.63, 3.8) is 0 Å². The third kappa shape index (κ3) is 2.19. The summed E-state index contributed by atoms with van der Waals surface area (Å²) in [6.45, 7) is 0. The van der Waals surface area contributed by atoms with E-state index in [0.29, 0.717) is 11.5 Å². The Morgan fingerprint density at radius 3 is 1.53 bits per heavy atom. The number of carbonyl (C=O) groups excluding carboxylic acids is 2. The van der Waals surface area contributed by atoms with E-state index in [4.69, 9.17) is 9.47 Å². The number of aromatic nitrogens is 2. The second-order valence-electron chi connectivity index (χ2n) is 8.23. The average Bonchev–Trinajstić information content (AvgIpc) is 3.64. The molecule has 34 heavy (non-hydrogen) atoms. The van der Waals surface area contributed by atoms with Gasteiger partial charge in [-0.1, -0.05) is 0 Å². The Labute approximate surface area is 207 Å². The van der Waals surface area contributed by atoms with E-state index in [1.807, 2.05) is 26.2 Å². The van der Waals surface area contributed by atoms with Gasteiger partial charge in [-0.05, 0) is 35.0 Å². The molecule has 2 aliphatic rings. The van der Waals surface area contributed by atoms with E-state index < -0.39 is 11.9 Å². The number of rotatable bonds is 2. The Hall–Kier alpha value is -3.18. The van der Waals surface area contributed by atoms with Crippen molar-refractivity contribution >= 4 is 110 Å². The predicted octanol–water partition coefficient (Wildman–Crippen LogP) is 6.46. The molecule has 0 atom stereocenters. The van der Waals surface area contributed by atoms with Crippen LogP contribution in [0, 0.1) is 0 Å². The highest BCUT2D eigenvalue weighted by molar-refractivity contribution is 7.27. The van der Waals surface area contributed by atoms with Gasteiger partial charge in [0, 0.05) is 14.1 Å². The number of ether oxygens (including phenoxy) is 2. The monoisotopic (exact) mass is 520 g/mol. The highest BCUT2D eigenvalue weighted by Gasteiger charge is 2.46. The number of carbonyl (C=O) groups is 2. The summed E-state index contributed by atoms with van der Waals surface area (Å²) < 4.78 is 20.3. The van der Waals surface area contributed by atoms with Crippen LogP contribution in [0.5, 0.6) is 0 Å². The molecule has 0 radical (unpaired) electrons. The molecular formula is C24H12N2O4S4. The minimum atomic E-state index is -0.539. The third-order valence-electron chi connectivity index (χ3n) is 6.52. The van der Waals surface area contributed by atoms with E-state index in [-0.39, 0.29) is 11.1 Å². The number of esters is 2. The fraction of sp³-hybridized carbons (Fsp3) is 0.0833. The number of hydrogen-bond acceptors (Lipinski definition) is 8. The summed E-state index contributed by atoms with van der Waals surface area (Å²) in [7, 11) is 4.04. The smallest absolute Gasteiger partial charge is 0.348 e. The molecule has 6 nitrogen and oxygen atoms in total. The quantitative estimate of drug-likeness (QED) is 0.246. The molecule has 8 rings (SSSR count). The minimum absolute atomic E-state index is 0.229. The summed E-state index contributed by atoms with van der Waals surface area (Å²) in [5.74, 6) is -0.480. The van der Waals surface area contributed by atoms with Crippen molar-refractivity contribution in [3.05, 3.63) is 55.9 Å². The Bertz CT molecular complexity index is 1840. The molecule has 0 unspecified atom stereocenters. The zero-order chi connectivity index (χ0) is 22.9. The van der Waals surface area contributed by atoms with Crippen molar-refractivity contribution in [2.24, 2.45) is 14.1 Å². The van der Waals surface area contributed by atoms with Crippen molar-refractivity contribution in [3.8, 4) is 0 Å². The van der Waals surface area contributed by atoms with Crippen molar-refractivity contribution in [1.29, 1.82) is 0 Å². The van der Waals surface area contributed by atoms with Crippen LogP contribution in [-0.2, 0) is 33.2 Å². The molecule has 8 heterocycles. The van der Waals surface area contributed by atoms with Gasteiger partial charge in [-0.15, -0.1) is 45.3 Å². The number of aryl methyl sites for hydroxylation is 2. The molecule has 10 heteroatoms. The van der Waals surface area contributed by atoms with Gasteiger partial charge in [-0.3, -0.25) is 0 Å². The summed E-state index contributed by atoms with van der Waals surface area (Å²) in [4.78, 5) is 27.5. The van der Waals surface area contributed by atoms with Gasteiger partial charge in [0.25, 0.3) is 0 Å². The molecule has 0 saturated carbocycles. The Morgan fingerprint density at radius 1 is 0.647 bits per heavy atom. The second kappa shape index (κ2) is 6.28. The molecule has 0 bridgehead atoms. The van der Waals surface area contributed by atoms with Crippen LogP contribution in [0.2, 0.25) is 0 Å². The lowest BCUT2D eigenvalue weighted by atomic mass is 10.1. The van der Waals surface area contributed by atoms with Crippen LogP contribution in [0.15, 0.2) is 46.2 Å². The van der Waals surface area contributed by atoms with E-state index in [1.54, 1.807) is 22.7 Å². The van der Waals surface area contributed by atoms with Gasteiger partial charge in [-0.25, -0.2) is 9.59 Å². The summed E-state index contributed by atoms with van der Waals surface area (Å²) in [6, 6.07) is 8.17. The number of cyclic esters (lactones) is 2. The van der Waals surface area contributed by atoms with Gasteiger partial charge >= 0.3 is 11.9 Å². The molecule has 0 aromatic carbocycles. The fourth-order valence-corrected chi connectivity index (χ4v) is 9.42. The first-order valence-electron chi connectivity index (χ1n) is 10.4. The van der Waals surface area contributed by atoms with Crippen LogP contribution in [-0.4, -0.2) is 21.1 Å². The highest BCUT2D eigenvalue weighted by Crippen LogP contribution is 2.49. The van der Waals surface area contributed by atoms with Gasteiger partial charge < -0.3 is 18.6 Å². The standard InChI is InChI=1S/C24H12N2O4S4/c1-25-9-3-5-31-19(9)21-11(25)7-13(33-21)17-15-16(24(28)29-17)18(30-23(15)27)14-8-12-22(34-14)20-10(26(12)2)4-6-32-20/h3-8H,1-2H3.